The van der Waals surface area contributed by atoms with E-state index in [4.69, 9.17) is 49.5 Å². The first-order valence-corrected chi connectivity index (χ1v) is 12.1. The molecular weight excluding hydrogens is 428 g/mol. The van der Waals surface area contributed by atoms with E-state index in [-0.39, 0.29) is 0 Å². The summed E-state index contributed by atoms with van der Waals surface area (Å²) in [4.78, 5) is 0. The normalized spacial score (nSPS) is 11.4. The van der Waals surface area contributed by atoms with E-state index in [9.17, 15) is 0 Å². The molecule has 0 aliphatic carbocycles. The van der Waals surface area contributed by atoms with Crippen molar-refractivity contribution in [1.29, 1.82) is 0 Å². The van der Waals surface area contributed by atoms with Gasteiger partial charge in [-0.05, 0) is 19.8 Å². The second-order valence-electron chi connectivity index (χ2n) is 6.59. The Hall–Kier alpha value is -0.0300. The van der Waals surface area contributed by atoms with Gasteiger partial charge in [0, 0.05) is 19.1 Å². The Bertz CT molecular complexity index is 285. The minimum absolute atomic E-state index is 0.545. The maximum absolute atomic E-state index is 5.63. The Morgan fingerprint density at radius 1 is 0.355 bits per heavy atom. The highest BCUT2D eigenvalue weighted by Crippen LogP contribution is 2.01. The number of halogens is 1. The largest absolute Gasteiger partial charge is 0.379 e. The molecular formula is C22H45ClO8. The molecule has 9 heteroatoms. The summed E-state index contributed by atoms with van der Waals surface area (Å²) in [7, 11) is 0. The lowest BCUT2D eigenvalue weighted by Crippen LogP contribution is -2.15. The summed E-state index contributed by atoms with van der Waals surface area (Å²) < 4.78 is 43.2. The molecule has 0 heterocycles. The fourth-order valence-corrected chi connectivity index (χ4v) is 2.52. The monoisotopic (exact) mass is 472 g/mol. The van der Waals surface area contributed by atoms with E-state index in [1.807, 2.05) is 6.92 Å². The van der Waals surface area contributed by atoms with Crippen molar-refractivity contribution in [3.05, 3.63) is 0 Å². The first-order chi connectivity index (χ1) is 15.4. The van der Waals surface area contributed by atoms with Gasteiger partial charge in [0.15, 0.2) is 0 Å². The molecule has 0 atom stereocenters. The molecule has 0 saturated carbocycles. The highest BCUT2D eigenvalue weighted by Gasteiger charge is 1.95. The lowest BCUT2D eigenvalue weighted by Gasteiger charge is -2.08. The van der Waals surface area contributed by atoms with Crippen molar-refractivity contribution in [3.8, 4) is 0 Å². The fourth-order valence-electron chi connectivity index (χ4n) is 2.34. The highest BCUT2D eigenvalue weighted by atomic mass is 35.5. The minimum Gasteiger partial charge on any atom is -0.379 e. The van der Waals surface area contributed by atoms with Crippen LogP contribution in [0, 0.1) is 0 Å². The summed E-state index contributed by atoms with van der Waals surface area (Å²) in [6.45, 7) is 11.5. The van der Waals surface area contributed by atoms with Crippen molar-refractivity contribution in [1.82, 2.24) is 0 Å². The van der Waals surface area contributed by atoms with Crippen LogP contribution >= 0.6 is 11.6 Å². The van der Waals surface area contributed by atoms with Crippen LogP contribution in [-0.2, 0) is 37.9 Å². The average molecular weight is 473 g/mol. The Morgan fingerprint density at radius 3 is 0.968 bits per heavy atom. The van der Waals surface area contributed by atoms with Gasteiger partial charge >= 0.3 is 0 Å². The van der Waals surface area contributed by atoms with Crippen LogP contribution in [0.5, 0.6) is 0 Å². The first kappa shape index (κ1) is 31.0. The first-order valence-electron chi connectivity index (χ1n) is 11.6. The molecule has 0 unspecified atom stereocenters. The van der Waals surface area contributed by atoms with Gasteiger partial charge < -0.3 is 37.9 Å². The molecule has 0 rings (SSSR count). The molecule has 0 aliphatic heterocycles. The van der Waals surface area contributed by atoms with Gasteiger partial charge in [0.05, 0.1) is 92.5 Å². The Morgan fingerprint density at radius 2 is 0.645 bits per heavy atom. The molecule has 0 N–H and O–H groups in total. The van der Waals surface area contributed by atoms with Crippen LogP contribution in [0.15, 0.2) is 0 Å². The third kappa shape index (κ3) is 30.0. The van der Waals surface area contributed by atoms with Crippen LogP contribution < -0.4 is 0 Å². The van der Waals surface area contributed by atoms with E-state index in [0.29, 0.717) is 92.5 Å². The second kappa shape index (κ2) is 30.0. The summed E-state index contributed by atoms with van der Waals surface area (Å²) in [5.74, 6) is 0.751. The predicted molar refractivity (Wildman–Crippen MR) is 121 cm³/mol. The molecule has 188 valence electrons. The van der Waals surface area contributed by atoms with Crippen LogP contribution in [-0.4, -0.2) is 112 Å². The number of unbranched alkanes of at least 4 members (excludes halogenated alkanes) is 3. The molecule has 0 aromatic rings. The van der Waals surface area contributed by atoms with Crippen molar-refractivity contribution < 1.29 is 37.9 Å². The summed E-state index contributed by atoms with van der Waals surface area (Å²) in [6.07, 6.45) is 4.53. The van der Waals surface area contributed by atoms with Crippen molar-refractivity contribution in [2.75, 3.05) is 112 Å². The molecule has 0 spiro atoms. The Kier molecular flexibility index (Phi) is 29.9. The van der Waals surface area contributed by atoms with Crippen LogP contribution in [0.2, 0.25) is 0 Å². The lowest BCUT2D eigenvalue weighted by molar-refractivity contribution is -0.0229. The quantitative estimate of drug-likeness (QED) is 0.127. The van der Waals surface area contributed by atoms with Gasteiger partial charge in [0.2, 0.25) is 0 Å². The summed E-state index contributed by atoms with van der Waals surface area (Å²) in [5, 5.41) is 0. The number of hydrogen-bond donors (Lipinski definition) is 0. The molecule has 8 nitrogen and oxygen atoms in total. The van der Waals surface area contributed by atoms with Crippen LogP contribution in [0.1, 0.15) is 32.6 Å². The molecule has 0 radical (unpaired) electrons. The maximum Gasteiger partial charge on any atom is 0.0701 e. The summed E-state index contributed by atoms with van der Waals surface area (Å²) >= 11 is 5.63. The lowest BCUT2D eigenvalue weighted by atomic mass is 10.2. The van der Waals surface area contributed by atoms with Crippen molar-refractivity contribution in [2.24, 2.45) is 0 Å². The smallest absolute Gasteiger partial charge is 0.0701 e. The van der Waals surface area contributed by atoms with Gasteiger partial charge in [-0.2, -0.15) is 0 Å². The fraction of sp³-hybridized carbons (Fsp3) is 1.00. The second-order valence-corrected chi connectivity index (χ2v) is 6.96. The SMILES string of the molecule is CCOCCOCCOCCOCCOCCOCCOCCOCCCCCCCl. The van der Waals surface area contributed by atoms with Gasteiger partial charge in [0.25, 0.3) is 0 Å². The van der Waals surface area contributed by atoms with E-state index in [2.05, 4.69) is 0 Å². The van der Waals surface area contributed by atoms with E-state index in [1.165, 1.54) is 12.8 Å². The molecule has 0 amide bonds. The highest BCUT2D eigenvalue weighted by molar-refractivity contribution is 6.17. The summed E-state index contributed by atoms with van der Waals surface area (Å²) in [6, 6.07) is 0. The van der Waals surface area contributed by atoms with Crippen molar-refractivity contribution >= 4 is 11.6 Å². The van der Waals surface area contributed by atoms with Gasteiger partial charge in [-0.1, -0.05) is 12.8 Å². The third-order valence-corrected chi connectivity index (χ3v) is 4.25. The molecule has 0 saturated heterocycles. The minimum atomic E-state index is 0.545. The zero-order valence-corrected chi connectivity index (χ0v) is 20.2. The number of hydrogen-bond acceptors (Lipinski definition) is 8. The van der Waals surface area contributed by atoms with E-state index < -0.39 is 0 Å². The van der Waals surface area contributed by atoms with Gasteiger partial charge in [-0.25, -0.2) is 0 Å². The van der Waals surface area contributed by atoms with Gasteiger partial charge in [-0.15, -0.1) is 11.6 Å². The zero-order valence-electron chi connectivity index (χ0n) is 19.5. The maximum atomic E-state index is 5.63. The molecule has 0 bridgehead atoms. The van der Waals surface area contributed by atoms with E-state index in [1.54, 1.807) is 0 Å². The van der Waals surface area contributed by atoms with Crippen LogP contribution in [0.25, 0.3) is 0 Å². The third-order valence-electron chi connectivity index (χ3n) is 3.98. The van der Waals surface area contributed by atoms with Gasteiger partial charge in [-0.3, -0.25) is 0 Å². The number of alkyl halides is 1. The topological polar surface area (TPSA) is 73.8 Å². The molecule has 31 heavy (non-hydrogen) atoms. The number of ether oxygens (including phenoxy) is 8. The zero-order chi connectivity index (χ0) is 22.5. The number of rotatable bonds is 28. The van der Waals surface area contributed by atoms with Gasteiger partial charge in [0.1, 0.15) is 0 Å². The van der Waals surface area contributed by atoms with Crippen LogP contribution in [0.3, 0.4) is 0 Å². The molecule has 0 aliphatic rings. The van der Waals surface area contributed by atoms with Crippen LogP contribution in [0.4, 0.5) is 0 Å². The Labute approximate surface area is 194 Å². The molecule has 0 aromatic heterocycles. The van der Waals surface area contributed by atoms with Crippen molar-refractivity contribution in [3.63, 3.8) is 0 Å². The summed E-state index contributed by atoms with van der Waals surface area (Å²) in [5.41, 5.74) is 0. The van der Waals surface area contributed by atoms with E-state index >= 15 is 0 Å². The predicted octanol–water partition coefficient (Wildman–Crippen LogP) is 2.94. The molecule has 0 fully saturated rings. The standard InChI is InChI=1S/C22H45ClO8/c1-2-24-9-10-26-13-14-28-17-18-30-21-22-31-20-19-29-16-15-27-12-11-25-8-6-4-3-5-7-23/h2-22H2,1H3. The molecule has 0 aromatic carbocycles. The van der Waals surface area contributed by atoms with Crippen molar-refractivity contribution in [2.45, 2.75) is 32.6 Å². The van der Waals surface area contributed by atoms with E-state index in [0.717, 1.165) is 31.9 Å². The Balaban J connectivity index is 2.98. The average Bonchev–Trinajstić information content (AvgIpc) is 2.78.